The largest absolute Gasteiger partial charge is 0.497 e. The first-order chi connectivity index (χ1) is 10.8. The Morgan fingerprint density at radius 1 is 0.826 bits per heavy atom. The topological polar surface area (TPSA) is 44.8 Å². The van der Waals surface area contributed by atoms with Crippen molar-refractivity contribution in [3.63, 3.8) is 0 Å². The number of carbonyl (C=O) groups is 1. The lowest BCUT2D eigenvalue weighted by Gasteiger charge is -2.19. The molecule has 4 nitrogen and oxygen atoms in total. The third-order valence-corrected chi connectivity index (χ3v) is 3.52. The quantitative estimate of drug-likeness (QED) is 0.626. The van der Waals surface area contributed by atoms with Crippen LogP contribution >= 0.6 is 0 Å². The van der Waals surface area contributed by atoms with Gasteiger partial charge in [-0.3, -0.25) is 0 Å². The number of rotatable bonds is 4. The maximum absolute atomic E-state index is 12.3. The summed E-state index contributed by atoms with van der Waals surface area (Å²) < 4.78 is 15.7. The molecule has 0 heterocycles. The van der Waals surface area contributed by atoms with Crippen LogP contribution in [0.25, 0.3) is 0 Å². The average Bonchev–Trinajstić information content (AvgIpc) is 2.53. The van der Waals surface area contributed by atoms with Crippen LogP contribution in [0.4, 0.5) is 0 Å². The number of benzene rings is 2. The van der Waals surface area contributed by atoms with E-state index in [0.29, 0.717) is 22.8 Å². The molecule has 122 valence electrons. The molecule has 0 spiro atoms. The van der Waals surface area contributed by atoms with E-state index in [-0.39, 0.29) is 5.41 Å². The van der Waals surface area contributed by atoms with E-state index >= 15 is 0 Å². The zero-order valence-electron chi connectivity index (χ0n) is 14.2. The van der Waals surface area contributed by atoms with Gasteiger partial charge in [-0.2, -0.15) is 0 Å². The molecule has 0 fully saturated rings. The normalized spacial score (nSPS) is 11.0. The van der Waals surface area contributed by atoms with Crippen molar-refractivity contribution in [2.75, 3.05) is 14.2 Å². The lowest BCUT2D eigenvalue weighted by atomic mass is 9.87. The van der Waals surface area contributed by atoms with Crippen molar-refractivity contribution < 1.29 is 19.0 Å². The molecular weight excluding hydrogens is 292 g/mol. The van der Waals surface area contributed by atoms with Gasteiger partial charge < -0.3 is 14.2 Å². The minimum Gasteiger partial charge on any atom is -0.497 e. The second-order valence-electron chi connectivity index (χ2n) is 6.27. The van der Waals surface area contributed by atoms with Gasteiger partial charge in [0.25, 0.3) is 0 Å². The molecule has 0 saturated carbocycles. The van der Waals surface area contributed by atoms with Crippen LogP contribution in [0.15, 0.2) is 42.5 Å². The van der Waals surface area contributed by atoms with Gasteiger partial charge in [0, 0.05) is 6.07 Å². The van der Waals surface area contributed by atoms with Crippen molar-refractivity contribution in [2.24, 2.45) is 0 Å². The summed E-state index contributed by atoms with van der Waals surface area (Å²) >= 11 is 0. The Bertz CT molecular complexity index is 659. The second-order valence-corrected chi connectivity index (χ2v) is 6.27. The highest BCUT2D eigenvalue weighted by Gasteiger charge is 2.15. The summed E-state index contributed by atoms with van der Waals surface area (Å²) in [7, 11) is 3.07. The molecule has 2 rings (SSSR count). The third kappa shape index (κ3) is 4.25. The molecule has 0 atom stereocenters. The molecular formula is C19H22O4. The SMILES string of the molecule is COc1cc(OC)cc(C(=O)Oc2ccc(C(C)(C)C)cc2)c1. The Kier molecular flexibility index (Phi) is 4.94. The van der Waals surface area contributed by atoms with E-state index in [0.717, 1.165) is 0 Å². The Morgan fingerprint density at radius 3 is 1.78 bits per heavy atom. The fourth-order valence-electron chi connectivity index (χ4n) is 2.11. The van der Waals surface area contributed by atoms with Gasteiger partial charge in [-0.1, -0.05) is 32.9 Å². The number of hydrogen-bond acceptors (Lipinski definition) is 4. The van der Waals surface area contributed by atoms with Crippen LogP contribution in [0.3, 0.4) is 0 Å². The Labute approximate surface area is 137 Å². The van der Waals surface area contributed by atoms with E-state index < -0.39 is 5.97 Å². The van der Waals surface area contributed by atoms with Crippen molar-refractivity contribution in [1.82, 2.24) is 0 Å². The van der Waals surface area contributed by atoms with Crippen molar-refractivity contribution in [2.45, 2.75) is 26.2 Å². The molecule has 0 aliphatic heterocycles. The van der Waals surface area contributed by atoms with E-state index in [9.17, 15) is 4.79 Å². The summed E-state index contributed by atoms with van der Waals surface area (Å²) in [5.74, 6) is 1.13. The zero-order valence-corrected chi connectivity index (χ0v) is 14.2. The second kappa shape index (κ2) is 6.73. The number of carbonyl (C=O) groups excluding carboxylic acids is 1. The molecule has 0 aromatic heterocycles. The Hall–Kier alpha value is -2.49. The van der Waals surface area contributed by atoms with Crippen LogP contribution in [-0.4, -0.2) is 20.2 Å². The lowest BCUT2D eigenvalue weighted by Crippen LogP contribution is -2.12. The molecule has 0 aliphatic rings. The minimum absolute atomic E-state index is 0.0582. The highest BCUT2D eigenvalue weighted by atomic mass is 16.5. The van der Waals surface area contributed by atoms with E-state index in [1.807, 2.05) is 12.1 Å². The highest BCUT2D eigenvalue weighted by molar-refractivity contribution is 5.92. The fraction of sp³-hybridized carbons (Fsp3) is 0.316. The minimum atomic E-state index is -0.453. The van der Waals surface area contributed by atoms with E-state index in [1.165, 1.54) is 19.8 Å². The number of hydrogen-bond donors (Lipinski definition) is 0. The van der Waals surface area contributed by atoms with Crippen LogP contribution in [0.2, 0.25) is 0 Å². The lowest BCUT2D eigenvalue weighted by molar-refractivity contribution is 0.0734. The van der Waals surface area contributed by atoms with E-state index in [4.69, 9.17) is 14.2 Å². The molecule has 0 saturated heterocycles. The summed E-state index contributed by atoms with van der Waals surface area (Å²) in [4.78, 5) is 12.3. The van der Waals surface area contributed by atoms with Gasteiger partial charge in [0.05, 0.1) is 19.8 Å². The maximum Gasteiger partial charge on any atom is 0.343 e. The zero-order chi connectivity index (χ0) is 17.0. The predicted molar refractivity (Wildman–Crippen MR) is 89.6 cm³/mol. The fourth-order valence-corrected chi connectivity index (χ4v) is 2.11. The Morgan fingerprint density at radius 2 is 1.35 bits per heavy atom. The maximum atomic E-state index is 12.3. The van der Waals surface area contributed by atoms with E-state index in [2.05, 4.69) is 20.8 Å². The third-order valence-electron chi connectivity index (χ3n) is 3.52. The molecule has 2 aromatic rings. The van der Waals surface area contributed by atoms with Crippen LogP contribution in [0, 0.1) is 0 Å². The Balaban J connectivity index is 2.19. The first-order valence-electron chi connectivity index (χ1n) is 7.39. The smallest absolute Gasteiger partial charge is 0.343 e. The predicted octanol–water partition coefficient (Wildman–Crippen LogP) is 4.22. The number of esters is 1. The number of ether oxygens (including phenoxy) is 3. The van der Waals surface area contributed by atoms with Crippen molar-refractivity contribution in [3.8, 4) is 17.2 Å². The molecule has 23 heavy (non-hydrogen) atoms. The van der Waals surface area contributed by atoms with Gasteiger partial charge in [0.15, 0.2) is 0 Å². The van der Waals surface area contributed by atoms with Gasteiger partial charge in [0.2, 0.25) is 0 Å². The van der Waals surface area contributed by atoms with Gasteiger partial charge in [-0.05, 0) is 35.2 Å². The molecule has 0 amide bonds. The molecule has 4 heteroatoms. The average molecular weight is 314 g/mol. The first-order valence-corrected chi connectivity index (χ1v) is 7.39. The van der Waals surface area contributed by atoms with Crippen LogP contribution in [0.1, 0.15) is 36.7 Å². The summed E-state index contributed by atoms with van der Waals surface area (Å²) in [5.41, 5.74) is 1.62. The van der Waals surface area contributed by atoms with Crippen LogP contribution in [0.5, 0.6) is 17.2 Å². The molecule has 0 aliphatic carbocycles. The van der Waals surface area contributed by atoms with Crippen molar-refractivity contribution in [1.29, 1.82) is 0 Å². The van der Waals surface area contributed by atoms with Gasteiger partial charge >= 0.3 is 5.97 Å². The molecule has 2 aromatic carbocycles. The molecule has 0 unspecified atom stereocenters. The summed E-state index contributed by atoms with van der Waals surface area (Å²) in [6, 6.07) is 12.5. The molecule has 0 N–H and O–H groups in total. The summed E-state index contributed by atoms with van der Waals surface area (Å²) in [6.45, 7) is 6.41. The highest BCUT2D eigenvalue weighted by Crippen LogP contribution is 2.26. The summed E-state index contributed by atoms with van der Waals surface area (Å²) in [5, 5.41) is 0. The standard InChI is InChI=1S/C19H22O4/c1-19(2,3)14-6-8-15(9-7-14)23-18(20)13-10-16(21-4)12-17(11-13)22-5/h6-12H,1-5H3. The summed E-state index contributed by atoms with van der Waals surface area (Å²) in [6.07, 6.45) is 0. The molecule has 0 radical (unpaired) electrons. The first kappa shape index (κ1) is 16.9. The van der Waals surface area contributed by atoms with Crippen molar-refractivity contribution >= 4 is 5.97 Å². The number of methoxy groups -OCH3 is 2. The monoisotopic (exact) mass is 314 g/mol. The van der Waals surface area contributed by atoms with Crippen LogP contribution < -0.4 is 14.2 Å². The molecule has 0 bridgehead atoms. The van der Waals surface area contributed by atoms with Crippen LogP contribution in [-0.2, 0) is 5.41 Å². The van der Waals surface area contributed by atoms with E-state index in [1.54, 1.807) is 30.3 Å². The van der Waals surface area contributed by atoms with Gasteiger partial charge in [-0.15, -0.1) is 0 Å². The van der Waals surface area contributed by atoms with Crippen molar-refractivity contribution in [3.05, 3.63) is 53.6 Å². The van der Waals surface area contributed by atoms with Gasteiger partial charge in [0.1, 0.15) is 17.2 Å². The van der Waals surface area contributed by atoms with Gasteiger partial charge in [-0.25, -0.2) is 4.79 Å².